The van der Waals surface area contributed by atoms with Gasteiger partial charge in [0.15, 0.2) is 5.78 Å². The fourth-order valence-corrected chi connectivity index (χ4v) is 9.63. The second kappa shape index (κ2) is 13.5. The monoisotopic (exact) mass is 594 g/mol. The van der Waals surface area contributed by atoms with Crippen molar-refractivity contribution in [1.82, 2.24) is 0 Å². The first-order valence-corrected chi connectivity index (χ1v) is 17.7. The van der Waals surface area contributed by atoms with Crippen molar-refractivity contribution in [2.75, 3.05) is 0 Å². The summed E-state index contributed by atoms with van der Waals surface area (Å²) in [4.78, 5) is 14.0. The number of aryl methyl sites for hydroxylation is 2. The van der Waals surface area contributed by atoms with Crippen LogP contribution in [0.15, 0.2) is 48.5 Å². The van der Waals surface area contributed by atoms with E-state index in [9.17, 15) is 4.79 Å². The Labute approximate surface area is 260 Å². The summed E-state index contributed by atoms with van der Waals surface area (Å²) < 4.78 is -0.933. The van der Waals surface area contributed by atoms with Crippen molar-refractivity contribution in [3.8, 4) is 0 Å². The second-order valence-electron chi connectivity index (χ2n) is 13.7. The molecule has 3 saturated carbocycles. The van der Waals surface area contributed by atoms with Crippen LogP contribution < -0.4 is 0 Å². The minimum atomic E-state index is -0.933. The van der Waals surface area contributed by atoms with Crippen LogP contribution in [0.25, 0.3) is 0 Å². The van der Waals surface area contributed by atoms with Crippen molar-refractivity contribution < 1.29 is 4.79 Å². The van der Waals surface area contributed by atoms with Crippen LogP contribution in [0.4, 0.5) is 0 Å². The SMILES string of the molecule is CCCCCCc1ccc(C2CCC3(CC2)C(=O)C2(CCC(c4ccc(CCCCCC)cc4)CC2)C3(Cl)Cl)cc1. The molecule has 0 saturated heterocycles. The molecule has 2 aromatic carbocycles. The summed E-state index contributed by atoms with van der Waals surface area (Å²) in [6.45, 7) is 4.53. The molecule has 0 radical (unpaired) electrons. The Morgan fingerprint density at radius 3 is 1.27 bits per heavy atom. The van der Waals surface area contributed by atoms with Crippen LogP contribution in [0.5, 0.6) is 0 Å². The Balaban J connectivity index is 1.14. The van der Waals surface area contributed by atoms with E-state index in [1.54, 1.807) is 0 Å². The Morgan fingerprint density at radius 2 is 0.951 bits per heavy atom. The smallest absolute Gasteiger partial charge is 0.151 e. The number of alkyl halides is 2. The minimum Gasteiger partial charge on any atom is -0.298 e. The largest absolute Gasteiger partial charge is 0.298 e. The van der Waals surface area contributed by atoms with E-state index in [0.717, 1.165) is 51.4 Å². The molecule has 0 atom stereocenters. The van der Waals surface area contributed by atoms with Crippen LogP contribution >= 0.6 is 23.2 Å². The number of carbonyl (C=O) groups excluding carboxylic acids is 1. The van der Waals surface area contributed by atoms with Gasteiger partial charge in [0.25, 0.3) is 0 Å². The Kier molecular flexibility index (Phi) is 10.3. The summed E-state index contributed by atoms with van der Waals surface area (Å²) >= 11 is 14.6. The van der Waals surface area contributed by atoms with Crippen LogP contribution in [0.2, 0.25) is 0 Å². The molecule has 0 bridgehead atoms. The molecular weight excluding hydrogens is 543 g/mol. The van der Waals surface area contributed by atoms with Gasteiger partial charge in [0.2, 0.25) is 0 Å². The lowest BCUT2D eigenvalue weighted by molar-refractivity contribution is -0.170. The predicted octanol–water partition coefficient (Wildman–Crippen LogP) is 11.7. The van der Waals surface area contributed by atoms with Gasteiger partial charge in [-0.1, -0.05) is 124 Å². The predicted molar refractivity (Wildman–Crippen MR) is 175 cm³/mol. The number of hydrogen-bond donors (Lipinski definition) is 0. The summed E-state index contributed by atoms with van der Waals surface area (Å²) in [6.07, 6.45) is 20.1. The molecule has 2 aromatic rings. The van der Waals surface area contributed by atoms with Gasteiger partial charge in [0.05, 0.1) is 10.8 Å². The highest BCUT2D eigenvalue weighted by atomic mass is 35.5. The van der Waals surface area contributed by atoms with Gasteiger partial charge in [-0.05, 0) is 111 Å². The highest BCUT2D eigenvalue weighted by Crippen LogP contribution is 2.75. The molecule has 0 aromatic heterocycles. The van der Waals surface area contributed by atoms with E-state index in [2.05, 4.69) is 62.4 Å². The second-order valence-corrected chi connectivity index (χ2v) is 15.0. The summed E-state index contributed by atoms with van der Waals surface area (Å²) in [5, 5.41) is 0. The number of benzene rings is 2. The molecule has 41 heavy (non-hydrogen) atoms. The Bertz CT molecular complexity index is 1030. The van der Waals surface area contributed by atoms with Gasteiger partial charge in [-0.3, -0.25) is 4.79 Å². The standard InChI is InChI=1S/C38H52Cl2O/c1-3-5-7-9-11-29-13-17-31(18-14-29)33-21-25-36(26-22-33)35(41)37(38(36,39)40)27-23-34(24-28-37)32-19-15-30(16-20-32)12-10-8-6-4-2/h13-20,33-34H,3-12,21-28H2,1-2H3. The molecular formula is C38H52Cl2O. The summed E-state index contributed by atoms with van der Waals surface area (Å²) in [6, 6.07) is 18.6. The van der Waals surface area contributed by atoms with Crippen LogP contribution in [0.1, 0.15) is 151 Å². The van der Waals surface area contributed by atoms with Crippen LogP contribution in [-0.4, -0.2) is 10.1 Å². The highest BCUT2D eigenvalue weighted by molar-refractivity contribution is 6.55. The quantitative estimate of drug-likeness (QED) is 0.176. The Morgan fingerprint density at radius 1 is 0.585 bits per heavy atom. The zero-order valence-corrected chi connectivity index (χ0v) is 27.2. The average Bonchev–Trinajstić information content (AvgIpc) is 3.02. The fraction of sp³-hybridized carbons (Fsp3) is 0.658. The number of Topliss-reactive ketones (excluding diaryl/α,β-unsaturated/α-hetero) is 1. The van der Waals surface area contributed by atoms with Crippen LogP contribution in [-0.2, 0) is 17.6 Å². The number of carbonyl (C=O) groups is 1. The van der Waals surface area contributed by atoms with Gasteiger partial charge >= 0.3 is 0 Å². The molecule has 3 fully saturated rings. The van der Waals surface area contributed by atoms with Crippen molar-refractivity contribution >= 4 is 29.0 Å². The molecule has 0 unspecified atom stereocenters. The van der Waals surface area contributed by atoms with E-state index in [0.29, 0.717) is 17.6 Å². The van der Waals surface area contributed by atoms with Gasteiger partial charge in [0.1, 0.15) is 4.33 Å². The number of ketones is 1. The molecule has 2 spiro atoms. The van der Waals surface area contributed by atoms with Crippen LogP contribution in [0.3, 0.4) is 0 Å². The van der Waals surface area contributed by atoms with Gasteiger partial charge in [-0.2, -0.15) is 0 Å². The Hall–Kier alpha value is -1.31. The number of unbranched alkanes of at least 4 members (excludes halogenated alkanes) is 6. The lowest BCUT2D eigenvalue weighted by Gasteiger charge is -2.67. The average molecular weight is 596 g/mol. The van der Waals surface area contributed by atoms with Crippen molar-refractivity contribution in [2.24, 2.45) is 10.8 Å². The van der Waals surface area contributed by atoms with E-state index in [-0.39, 0.29) is 0 Å². The van der Waals surface area contributed by atoms with Gasteiger partial charge in [-0.25, -0.2) is 0 Å². The van der Waals surface area contributed by atoms with Gasteiger partial charge in [-0.15, -0.1) is 0 Å². The van der Waals surface area contributed by atoms with E-state index in [1.807, 2.05) is 0 Å². The molecule has 224 valence electrons. The summed E-state index contributed by atoms with van der Waals surface area (Å²) in [7, 11) is 0. The maximum atomic E-state index is 14.0. The van der Waals surface area contributed by atoms with E-state index in [4.69, 9.17) is 23.2 Å². The molecule has 0 heterocycles. The van der Waals surface area contributed by atoms with Crippen molar-refractivity contribution in [1.29, 1.82) is 0 Å². The fourth-order valence-electron chi connectivity index (χ4n) is 8.53. The van der Waals surface area contributed by atoms with E-state index >= 15 is 0 Å². The molecule has 5 rings (SSSR count). The number of halogens is 2. The van der Waals surface area contributed by atoms with Gasteiger partial charge in [0, 0.05) is 0 Å². The minimum absolute atomic E-state index is 0.386. The lowest BCUT2D eigenvalue weighted by Crippen LogP contribution is -2.74. The number of rotatable bonds is 12. The zero-order valence-electron chi connectivity index (χ0n) is 25.7. The molecule has 0 N–H and O–H groups in total. The molecule has 3 aliphatic rings. The zero-order chi connectivity index (χ0) is 28.9. The third kappa shape index (κ3) is 6.06. The summed E-state index contributed by atoms with van der Waals surface area (Å²) in [5.41, 5.74) is 4.64. The molecule has 0 aliphatic heterocycles. The van der Waals surface area contributed by atoms with Crippen molar-refractivity contribution in [3.63, 3.8) is 0 Å². The third-order valence-corrected chi connectivity index (χ3v) is 12.7. The van der Waals surface area contributed by atoms with Crippen molar-refractivity contribution in [2.45, 2.75) is 146 Å². The molecule has 0 amide bonds. The third-order valence-electron chi connectivity index (χ3n) is 11.3. The highest BCUT2D eigenvalue weighted by Gasteiger charge is 2.79. The van der Waals surface area contributed by atoms with Gasteiger partial charge < -0.3 is 0 Å². The first kappa shape index (κ1) is 31.1. The normalized spacial score (nSPS) is 29.1. The first-order valence-electron chi connectivity index (χ1n) is 17.0. The molecule has 3 heteroatoms. The number of hydrogen-bond acceptors (Lipinski definition) is 1. The maximum absolute atomic E-state index is 14.0. The lowest BCUT2D eigenvalue weighted by atomic mass is 9.42. The molecule has 3 aliphatic carbocycles. The van der Waals surface area contributed by atoms with E-state index < -0.39 is 15.2 Å². The van der Waals surface area contributed by atoms with Crippen molar-refractivity contribution in [3.05, 3.63) is 70.8 Å². The molecule has 1 nitrogen and oxygen atoms in total. The topological polar surface area (TPSA) is 17.1 Å². The van der Waals surface area contributed by atoms with Crippen LogP contribution in [0, 0.1) is 10.8 Å². The first-order chi connectivity index (χ1) is 19.9. The maximum Gasteiger partial charge on any atom is 0.151 e. The summed E-state index contributed by atoms with van der Waals surface area (Å²) in [5.74, 6) is 1.40. The van der Waals surface area contributed by atoms with E-state index in [1.165, 1.54) is 86.5 Å².